The molecule has 3 heterocycles. The number of aromatic nitrogens is 2. The first-order valence-electron chi connectivity index (χ1n) is 7.47. The third-order valence-electron chi connectivity index (χ3n) is 3.92. The highest BCUT2D eigenvalue weighted by Gasteiger charge is 2.23. The van der Waals surface area contributed by atoms with Crippen molar-refractivity contribution in [3.05, 3.63) is 43.4 Å². The Kier molecular flexibility index (Phi) is 5.47. The second-order valence-electron chi connectivity index (χ2n) is 5.36. The standard InChI is InChI=1S/C15H19BrN4O2S/c1-19-15(21)14(16)11(9-18-19)17-10-12(13-3-2-8-23-13)20-4-6-22-7-5-20/h2-3,8-9,12,17H,4-7,10H2,1H3. The molecule has 6 nitrogen and oxygen atoms in total. The minimum atomic E-state index is -0.144. The van der Waals surface area contributed by atoms with Crippen molar-refractivity contribution in [2.24, 2.45) is 7.05 Å². The first-order valence-corrected chi connectivity index (χ1v) is 9.15. The molecule has 23 heavy (non-hydrogen) atoms. The number of hydrogen-bond acceptors (Lipinski definition) is 6. The highest BCUT2D eigenvalue weighted by Crippen LogP contribution is 2.27. The SMILES string of the molecule is Cn1ncc(NCC(c2cccs2)N2CCOCC2)c(Br)c1=O. The Hall–Kier alpha value is -1.22. The van der Waals surface area contributed by atoms with Crippen molar-refractivity contribution in [2.45, 2.75) is 6.04 Å². The molecule has 1 unspecified atom stereocenters. The van der Waals surface area contributed by atoms with Gasteiger partial charge in [-0.25, -0.2) is 4.68 Å². The molecule has 2 aromatic heterocycles. The van der Waals surface area contributed by atoms with Crippen molar-refractivity contribution in [3.8, 4) is 0 Å². The van der Waals surface area contributed by atoms with Crippen LogP contribution in [0.3, 0.4) is 0 Å². The summed E-state index contributed by atoms with van der Waals surface area (Å²) < 4.78 is 7.29. The highest BCUT2D eigenvalue weighted by atomic mass is 79.9. The zero-order valence-electron chi connectivity index (χ0n) is 12.9. The predicted octanol–water partition coefficient (Wildman–Crippen LogP) is 2.09. The molecule has 1 atom stereocenters. The molecule has 0 saturated carbocycles. The lowest BCUT2D eigenvalue weighted by atomic mass is 10.2. The Labute approximate surface area is 147 Å². The number of rotatable bonds is 5. The minimum absolute atomic E-state index is 0.144. The Morgan fingerprint density at radius 1 is 1.48 bits per heavy atom. The lowest BCUT2D eigenvalue weighted by Crippen LogP contribution is -2.41. The molecule has 1 aliphatic rings. The van der Waals surface area contributed by atoms with Crippen LogP contribution in [-0.2, 0) is 11.8 Å². The van der Waals surface area contributed by atoms with Gasteiger partial charge in [0.1, 0.15) is 4.47 Å². The Balaban J connectivity index is 1.77. The van der Waals surface area contributed by atoms with Crippen molar-refractivity contribution in [2.75, 3.05) is 38.2 Å². The predicted molar refractivity (Wildman–Crippen MR) is 95.1 cm³/mol. The van der Waals surface area contributed by atoms with Gasteiger partial charge < -0.3 is 10.1 Å². The van der Waals surface area contributed by atoms with Crippen LogP contribution in [0.4, 0.5) is 5.69 Å². The molecule has 0 bridgehead atoms. The van der Waals surface area contributed by atoms with E-state index < -0.39 is 0 Å². The molecular formula is C15H19BrN4O2S. The maximum atomic E-state index is 12.0. The summed E-state index contributed by atoms with van der Waals surface area (Å²) in [4.78, 5) is 15.7. The van der Waals surface area contributed by atoms with Crippen LogP contribution in [0.15, 0.2) is 33.0 Å². The van der Waals surface area contributed by atoms with Gasteiger partial charge in [0.2, 0.25) is 0 Å². The fourth-order valence-corrected chi connectivity index (χ4v) is 3.98. The number of nitrogens with zero attached hydrogens (tertiary/aromatic N) is 3. The number of anilines is 1. The fraction of sp³-hybridized carbons (Fsp3) is 0.467. The second kappa shape index (κ2) is 7.57. The quantitative estimate of drug-likeness (QED) is 0.835. The second-order valence-corrected chi connectivity index (χ2v) is 7.13. The molecule has 1 aliphatic heterocycles. The first kappa shape index (κ1) is 16.6. The molecular weight excluding hydrogens is 380 g/mol. The van der Waals surface area contributed by atoms with Crippen molar-refractivity contribution < 1.29 is 4.74 Å². The average molecular weight is 399 g/mol. The van der Waals surface area contributed by atoms with Crippen LogP contribution < -0.4 is 10.9 Å². The number of aryl methyl sites for hydroxylation is 1. The van der Waals surface area contributed by atoms with E-state index in [0.717, 1.165) is 32.0 Å². The average Bonchev–Trinajstić information content (AvgIpc) is 3.10. The normalized spacial score (nSPS) is 17.1. The molecule has 0 aromatic carbocycles. The van der Waals surface area contributed by atoms with Gasteiger partial charge in [0.25, 0.3) is 5.56 Å². The lowest BCUT2D eigenvalue weighted by molar-refractivity contribution is 0.0194. The van der Waals surface area contributed by atoms with Gasteiger partial charge >= 0.3 is 0 Å². The van der Waals surface area contributed by atoms with Crippen molar-refractivity contribution in [1.82, 2.24) is 14.7 Å². The van der Waals surface area contributed by atoms with E-state index in [4.69, 9.17) is 4.74 Å². The van der Waals surface area contributed by atoms with Gasteiger partial charge in [-0.1, -0.05) is 6.07 Å². The van der Waals surface area contributed by atoms with Gasteiger partial charge in [-0.2, -0.15) is 5.10 Å². The summed E-state index contributed by atoms with van der Waals surface area (Å²) in [6, 6.07) is 4.49. The maximum Gasteiger partial charge on any atom is 0.282 e. The number of hydrogen-bond donors (Lipinski definition) is 1. The molecule has 0 aliphatic carbocycles. The summed E-state index contributed by atoms with van der Waals surface area (Å²) >= 11 is 5.11. The van der Waals surface area contributed by atoms with Crippen LogP contribution in [0, 0.1) is 0 Å². The Bertz CT molecular complexity index is 698. The third-order valence-corrected chi connectivity index (χ3v) is 5.66. The van der Waals surface area contributed by atoms with E-state index in [0.29, 0.717) is 11.0 Å². The van der Waals surface area contributed by atoms with E-state index in [1.807, 2.05) is 0 Å². The van der Waals surface area contributed by atoms with Crippen LogP contribution in [0.25, 0.3) is 0 Å². The van der Waals surface area contributed by atoms with E-state index >= 15 is 0 Å². The van der Waals surface area contributed by atoms with E-state index in [-0.39, 0.29) is 11.6 Å². The molecule has 0 spiro atoms. The van der Waals surface area contributed by atoms with E-state index in [1.165, 1.54) is 9.56 Å². The molecule has 3 rings (SSSR count). The molecule has 1 fully saturated rings. The minimum Gasteiger partial charge on any atom is -0.381 e. The molecule has 1 saturated heterocycles. The number of ether oxygens (including phenoxy) is 1. The zero-order valence-corrected chi connectivity index (χ0v) is 15.3. The zero-order chi connectivity index (χ0) is 16.2. The Morgan fingerprint density at radius 3 is 2.96 bits per heavy atom. The lowest BCUT2D eigenvalue weighted by Gasteiger charge is -2.34. The highest BCUT2D eigenvalue weighted by molar-refractivity contribution is 9.10. The summed E-state index contributed by atoms with van der Waals surface area (Å²) in [5.74, 6) is 0. The van der Waals surface area contributed by atoms with Crippen LogP contribution in [0.1, 0.15) is 10.9 Å². The van der Waals surface area contributed by atoms with Crippen LogP contribution in [0.2, 0.25) is 0 Å². The van der Waals surface area contributed by atoms with Gasteiger partial charge in [0, 0.05) is 31.6 Å². The fourth-order valence-electron chi connectivity index (χ4n) is 2.62. The summed E-state index contributed by atoms with van der Waals surface area (Å²) in [6.45, 7) is 4.08. The number of morpholine rings is 1. The van der Waals surface area contributed by atoms with Crippen LogP contribution in [-0.4, -0.2) is 47.5 Å². The van der Waals surface area contributed by atoms with Crippen LogP contribution in [0.5, 0.6) is 0 Å². The Morgan fingerprint density at radius 2 is 2.26 bits per heavy atom. The third kappa shape index (κ3) is 3.82. The van der Waals surface area contributed by atoms with Crippen LogP contribution >= 0.6 is 27.3 Å². The topological polar surface area (TPSA) is 59.4 Å². The van der Waals surface area contributed by atoms with Gasteiger partial charge in [0.05, 0.1) is 31.1 Å². The number of halogens is 1. The molecule has 2 aromatic rings. The van der Waals surface area contributed by atoms with Gasteiger partial charge in [-0.05, 0) is 27.4 Å². The van der Waals surface area contributed by atoms with Gasteiger partial charge in [-0.15, -0.1) is 11.3 Å². The molecule has 124 valence electrons. The molecule has 0 amide bonds. The maximum absolute atomic E-state index is 12.0. The molecule has 0 radical (unpaired) electrons. The smallest absolute Gasteiger partial charge is 0.282 e. The van der Waals surface area contributed by atoms with Gasteiger partial charge in [0.15, 0.2) is 0 Å². The number of nitrogens with one attached hydrogen (secondary N) is 1. The summed E-state index contributed by atoms with van der Waals surface area (Å²) in [7, 11) is 1.64. The van der Waals surface area contributed by atoms with E-state index in [2.05, 4.69) is 48.8 Å². The largest absolute Gasteiger partial charge is 0.381 e. The van der Waals surface area contributed by atoms with Crippen molar-refractivity contribution >= 4 is 33.0 Å². The summed E-state index contributed by atoms with van der Waals surface area (Å²) in [5.41, 5.74) is 0.581. The van der Waals surface area contributed by atoms with Crippen molar-refractivity contribution in [1.29, 1.82) is 0 Å². The molecule has 8 heteroatoms. The van der Waals surface area contributed by atoms with Crippen molar-refractivity contribution in [3.63, 3.8) is 0 Å². The summed E-state index contributed by atoms with van der Waals surface area (Å²) in [6.07, 6.45) is 1.68. The van der Waals surface area contributed by atoms with Gasteiger partial charge in [-0.3, -0.25) is 9.69 Å². The first-order chi connectivity index (χ1) is 11.2. The van der Waals surface area contributed by atoms with E-state index in [9.17, 15) is 4.79 Å². The monoisotopic (exact) mass is 398 g/mol. The molecule has 1 N–H and O–H groups in total. The summed E-state index contributed by atoms with van der Waals surface area (Å²) in [5, 5.41) is 9.54. The van der Waals surface area contributed by atoms with E-state index in [1.54, 1.807) is 24.6 Å². The number of thiophene rings is 1.